The zero-order valence-electron chi connectivity index (χ0n) is 15.9. The van der Waals surface area contributed by atoms with Gasteiger partial charge >= 0.3 is 0 Å². The molecule has 4 heterocycles. The van der Waals surface area contributed by atoms with Gasteiger partial charge in [0.25, 0.3) is 5.91 Å². The largest absolute Gasteiger partial charge is 0.356 e. The molecule has 0 aliphatic carbocycles. The molecule has 5 rings (SSSR count). The number of nitrogens with zero attached hydrogens (tertiary/aromatic N) is 4. The molecule has 2 fully saturated rings. The van der Waals surface area contributed by atoms with Crippen molar-refractivity contribution >= 4 is 33.3 Å². The Kier molecular flexibility index (Phi) is 4.72. The van der Waals surface area contributed by atoms with E-state index in [1.165, 1.54) is 22.5 Å². The Balaban J connectivity index is 1.30. The number of benzene rings is 1. The lowest BCUT2D eigenvalue weighted by atomic mass is 9.97. The van der Waals surface area contributed by atoms with Crippen LogP contribution >= 0.6 is 11.3 Å². The topological polar surface area (TPSA) is 49.3 Å². The highest BCUT2D eigenvalue weighted by molar-refractivity contribution is 7.18. The summed E-state index contributed by atoms with van der Waals surface area (Å²) in [6, 6.07) is 12.1. The van der Waals surface area contributed by atoms with Gasteiger partial charge in [0.1, 0.15) is 5.82 Å². The average molecular weight is 393 g/mol. The van der Waals surface area contributed by atoms with Crippen LogP contribution in [0.4, 0.5) is 5.82 Å². The molecule has 2 saturated heterocycles. The normalized spacial score (nSPS) is 18.1. The monoisotopic (exact) mass is 392 g/mol. The van der Waals surface area contributed by atoms with Crippen molar-refractivity contribution in [3.63, 3.8) is 0 Å². The number of hydrogen-bond acceptors (Lipinski definition) is 5. The summed E-state index contributed by atoms with van der Waals surface area (Å²) in [5.41, 5.74) is 1.84. The fraction of sp³-hybridized carbons (Fsp3) is 0.409. The van der Waals surface area contributed by atoms with Gasteiger partial charge in [-0.2, -0.15) is 0 Å². The van der Waals surface area contributed by atoms with Crippen molar-refractivity contribution in [2.24, 2.45) is 0 Å². The summed E-state index contributed by atoms with van der Waals surface area (Å²) in [4.78, 5) is 26.8. The summed E-state index contributed by atoms with van der Waals surface area (Å²) >= 11 is 1.80. The summed E-state index contributed by atoms with van der Waals surface area (Å²) in [6.45, 7) is 3.56. The molecule has 0 spiro atoms. The lowest BCUT2D eigenvalue weighted by molar-refractivity contribution is 0.0713. The molecule has 6 heteroatoms. The summed E-state index contributed by atoms with van der Waals surface area (Å²) < 4.78 is 1.25. The van der Waals surface area contributed by atoms with Crippen LogP contribution in [0.3, 0.4) is 0 Å². The molecule has 0 saturated carbocycles. The quantitative estimate of drug-likeness (QED) is 0.666. The van der Waals surface area contributed by atoms with Crippen LogP contribution < -0.4 is 4.90 Å². The molecule has 1 aromatic carbocycles. The molecule has 2 aliphatic rings. The highest BCUT2D eigenvalue weighted by Gasteiger charge is 2.29. The second-order valence-electron chi connectivity index (χ2n) is 7.66. The van der Waals surface area contributed by atoms with Crippen molar-refractivity contribution in [3.8, 4) is 0 Å². The fourth-order valence-electron chi connectivity index (χ4n) is 4.31. The first-order chi connectivity index (χ1) is 13.8. The van der Waals surface area contributed by atoms with E-state index in [0.717, 1.165) is 55.9 Å². The number of carbonyl (C=O) groups excluding carboxylic acids is 1. The molecule has 0 N–H and O–H groups in total. The maximum atomic E-state index is 13.2. The van der Waals surface area contributed by atoms with Crippen LogP contribution in [0.15, 0.2) is 42.6 Å². The Morgan fingerprint density at radius 3 is 2.57 bits per heavy atom. The van der Waals surface area contributed by atoms with Crippen LogP contribution in [-0.4, -0.2) is 47.0 Å². The van der Waals surface area contributed by atoms with E-state index in [4.69, 9.17) is 4.98 Å². The van der Waals surface area contributed by atoms with Crippen LogP contribution in [0.1, 0.15) is 47.0 Å². The predicted molar refractivity (Wildman–Crippen MR) is 113 cm³/mol. The second-order valence-corrected chi connectivity index (χ2v) is 8.72. The smallest absolute Gasteiger partial charge is 0.257 e. The number of fused-ring (bicyclic) bond motifs is 1. The molecule has 0 unspecified atom stereocenters. The summed E-state index contributed by atoms with van der Waals surface area (Å²) in [6.07, 6.45) is 6.11. The van der Waals surface area contributed by atoms with E-state index in [2.05, 4.69) is 28.1 Å². The maximum Gasteiger partial charge on any atom is 0.257 e. The van der Waals surface area contributed by atoms with Gasteiger partial charge in [-0.05, 0) is 49.9 Å². The highest BCUT2D eigenvalue weighted by atomic mass is 32.1. The van der Waals surface area contributed by atoms with E-state index in [-0.39, 0.29) is 5.91 Å². The minimum Gasteiger partial charge on any atom is -0.356 e. The lowest BCUT2D eigenvalue weighted by Crippen LogP contribution is -2.38. The Labute approximate surface area is 169 Å². The molecule has 3 aromatic rings. The highest BCUT2D eigenvalue weighted by Crippen LogP contribution is 2.34. The third-order valence-corrected chi connectivity index (χ3v) is 7.06. The SMILES string of the molecule is O=C(c1cccnc1N1CCCC1)N1CCC(c2nc3ccccc3s2)CC1. The molecule has 5 nitrogen and oxygen atoms in total. The van der Waals surface area contributed by atoms with E-state index in [0.29, 0.717) is 5.92 Å². The molecule has 0 bridgehead atoms. The van der Waals surface area contributed by atoms with Crippen LogP contribution in [0.25, 0.3) is 10.2 Å². The number of likely N-dealkylation sites (tertiary alicyclic amines) is 1. The molecule has 144 valence electrons. The number of pyridine rings is 1. The van der Waals surface area contributed by atoms with Gasteiger partial charge in [-0.1, -0.05) is 12.1 Å². The minimum atomic E-state index is 0.123. The van der Waals surface area contributed by atoms with Crippen molar-refractivity contribution in [2.45, 2.75) is 31.6 Å². The predicted octanol–water partition coefficient (Wildman–Crippen LogP) is 4.31. The molecular weight excluding hydrogens is 368 g/mol. The van der Waals surface area contributed by atoms with Crippen molar-refractivity contribution < 1.29 is 4.79 Å². The van der Waals surface area contributed by atoms with Crippen molar-refractivity contribution in [2.75, 3.05) is 31.1 Å². The number of carbonyl (C=O) groups is 1. The first-order valence-electron chi connectivity index (χ1n) is 10.1. The van der Waals surface area contributed by atoms with Gasteiger partial charge in [-0.25, -0.2) is 9.97 Å². The number of rotatable bonds is 3. The van der Waals surface area contributed by atoms with Crippen molar-refractivity contribution in [1.82, 2.24) is 14.9 Å². The van der Waals surface area contributed by atoms with Gasteiger partial charge in [0.05, 0.1) is 20.8 Å². The van der Waals surface area contributed by atoms with E-state index < -0.39 is 0 Å². The number of aromatic nitrogens is 2. The number of piperidine rings is 1. The van der Waals surface area contributed by atoms with Crippen LogP contribution in [-0.2, 0) is 0 Å². The first-order valence-corrected chi connectivity index (χ1v) is 11.0. The third-order valence-electron chi connectivity index (χ3n) is 5.86. The number of thiazole rings is 1. The van der Waals surface area contributed by atoms with E-state index in [9.17, 15) is 4.79 Å². The molecule has 28 heavy (non-hydrogen) atoms. The summed E-state index contributed by atoms with van der Waals surface area (Å²) in [5, 5.41) is 1.22. The second kappa shape index (κ2) is 7.51. The van der Waals surface area contributed by atoms with Crippen LogP contribution in [0.5, 0.6) is 0 Å². The van der Waals surface area contributed by atoms with E-state index in [1.54, 1.807) is 17.5 Å². The number of para-hydroxylation sites is 1. The zero-order chi connectivity index (χ0) is 18.9. The third kappa shape index (κ3) is 3.26. The van der Waals surface area contributed by atoms with Gasteiger partial charge in [-0.15, -0.1) is 11.3 Å². The fourth-order valence-corrected chi connectivity index (χ4v) is 5.45. The van der Waals surface area contributed by atoms with Gasteiger partial charge in [-0.3, -0.25) is 4.79 Å². The van der Waals surface area contributed by atoms with E-state index >= 15 is 0 Å². The summed E-state index contributed by atoms with van der Waals surface area (Å²) in [7, 11) is 0. The number of anilines is 1. The van der Waals surface area contributed by atoms with Crippen molar-refractivity contribution in [3.05, 3.63) is 53.2 Å². The maximum absolute atomic E-state index is 13.2. The van der Waals surface area contributed by atoms with Gasteiger partial charge < -0.3 is 9.80 Å². The Bertz CT molecular complexity index is 954. The lowest BCUT2D eigenvalue weighted by Gasteiger charge is -2.32. The Hall–Kier alpha value is -2.47. The van der Waals surface area contributed by atoms with Gasteiger partial charge in [0, 0.05) is 38.3 Å². The minimum absolute atomic E-state index is 0.123. The molecule has 0 radical (unpaired) electrons. The Morgan fingerprint density at radius 1 is 1.00 bits per heavy atom. The molecule has 0 atom stereocenters. The standard InChI is InChI=1S/C22H24N4OS/c27-22(17-6-5-11-23-20(17)25-12-3-4-13-25)26-14-9-16(10-15-26)21-24-18-7-1-2-8-19(18)28-21/h1-2,5-8,11,16H,3-4,9-10,12-15H2. The first kappa shape index (κ1) is 17.6. The summed E-state index contributed by atoms with van der Waals surface area (Å²) in [5.74, 6) is 1.43. The van der Waals surface area contributed by atoms with Gasteiger partial charge in [0.15, 0.2) is 0 Å². The van der Waals surface area contributed by atoms with Crippen LogP contribution in [0, 0.1) is 0 Å². The van der Waals surface area contributed by atoms with Crippen molar-refractivity contribution in [1.29, 1.82) is 0 Å². The molecule has 2 aliphatic heterocycles. The molecule has 2 aromatic heterocycles. The van der Waals surface area contributed by atoms with E-state index in [1.807, 2.05) is 23.1 Å². The number of amides is 1. The number of hydrogen-bond donors (Lipinski definition) is 0. The molecule has 1 amide bonds. The van der Waals surface area contributed by atoms with Crippen LogP contribution in [0.2, 0.25) is 0 Å². The molecular formula is C22H24N4OS. The average Bonchev–Trinajstić information content (AvgIpc) is 3.43. The zero-order valence-corrected chi connectivity index (χ0v) is 16.7. The Morgan fingerprint density at radius 2 is 1.79 bits per heavy atom. The van der Waals surface area contributed by atoms with Gasteiger partial charge in [0.2, 0.25) is 0 Å².